The number of imidazole rings is 1. The molecule has 0 saturated heterocycles. The van der Waals surface area contributed by atoms with Crippen LogP contribution in [0.3, 0.4) is 0 Å². The molecule has 2 aromatic carbocycles. The molecule has 0 radical (unpaired) electrons. The van der Waals surface area contributed by atoms with E-state index in [9.17, 15) is 0 Å². The SMILES string of the molecule is [C-]#[N+]c1nc(NN=C(NNC#Cc2ccccc2)c2ccccc2)[nH]c1[N+]#[C-]. The van der Waals surface area contributed by atoms with Crippen LogP contribution in [0.1, 0.15) is 11.1 Å². The van der Waals surface area contributed by atoms with Crippen LogP contribution in [0.2, 0.25) is 0 Å². The number of hydrazone groups is 1. The molecule has 28 heavy (non-hydrogen) atoms. The van der Waals surface area contributed by atoms with Gasteiger partial charge in [-0.25, -0.2) is 5.43 Å². The monoisotopic (exact) mass is 366 g/mol. The Balaban J connectivity index is 1.75. The zero-order chi connectivity index (χ0) is 19.6. The van der Waals surface area contributed by atoms with Gasteiger partial charge in [0, 0.05) is 17.2 Å². The Morgan fingerprint density at radius 2 is 1.71 bits per heavy atom. The molecule has 0 aliphatic heterocycles. The summed E-state index contributed by atoms with van der Waals surface area (Å²) in [5.41, 5.74) is 10.1. The fourth-order valence-electron chi connectivity index (χ4n) is 2.15. The van der Waals surface area contributed by atoms with Gasteiger partial charge in [-0.15, -0.1) is 5.10 Å². The Labute approximate surface area is 161 Å². The predicted molar refractivity (Wildman–Crippen MR) is 107 cm³/mol. The number of rotatable bonds is 4. The molecule has 0 aliphatic rings. The maximum absolute atomic E-state index is 7.04. The van der Waals surface area contributed by atoms with E-state index in [-0.39, 0.29) is 17.6 Å². The minimum atomic E-state index is -0.00577. The predicted octanol–water partition coefficient (Wildman–Crippen LogP) is 3.39. The second-order valence-corrected chi connectivity index (χ2v) is 5.29. The third kappa shape index (κ3) is 4.66. The summed E-state index contributed by atoms with van der Waals surface area (Å²) in [7, 11) is 0. The molecule has 1 aromatic heterocycles. The maximum Gasteiger partial charge on any atom is 0.390 e. The van der Waals surface area contributed by atoms with Crippen LogP contribution in [0.5, 0.6) is 0 Å². The fraction of sp³-hybridized carbons (Fsp3) is 0. The summed E-state index contributed by atoms with van der Waals surface area (Å²) in [5, 5.41) is 4.26. The standard InChI is InChI=1S/C20H14N8/c1-21-18-19(22-2)25-20(24-18)28-27-17(16-11-7-4-8-12-16)26-23-14-13-15-9-5-3-6-10-15/h3-12,23H,(H,26,27)(H2,24,25,28). The normalized spacial score (nSPS) is 10.0. The summed E-state index contributed by atoms with van der Waals surface area (Å²) in [5.74, 6) is 3.67. The zero-order valence-corrected chi connectivity index (χ0v) is 14.6. The highest BCUT2D eigenvalue weighted by Crippen LogP contribution is 2.26. The largest absolute Gasteiger partial charge is 0.390 e. The lowest BCUT2D eigenvalue weighted by atomic mass is 10.2. The van der Waals surface area contributed by atoms with Crippen LogP contribution >= 0.6 is 0 Å². The number of amidine groups is 1. The van der Waals surface area contributed by atoms with Crippen LogP contribution in [0, 0.1) is 25.1 Å². The van der Waals surface area contributed by atoms with Crippen molar-refractivity contribution < 1.29 is 0 Å². The van der Waals surface area contributed by atoms with E-state index in [1.807, 2.05) is 60.7 Å². The number of nitrogens with zero attached hydrogens (tertiary/aromatic N) is 4. The van der Waals surface area contributed by atoms with Gasteiger partial charge in [-0.1, -0.05) is 66.7 Å². The highest BCUT2D eigenvalue weighted by molar-refractivity contribution is 5.98. The van der Waals surface area contributed by atoms with Gasteiger partial charge in [0.2, 0.25) is 0 Å². The number of aromatic nitrogens is 2. The summed E-state index contributed by atoms with van der Waals surface area (Å²) in [6, 6.07) is 21.8. The number of anilines is 1. The molecule has 134 valence electrons. The van der Waals surface area contributed by atoms with E-state index in [1.165, 1.54) is 0 Å². The number of hydrazine groups is 1. The first kappa shape index (κ1) is 18.1. The number of H-pyrrole nitrogens is 1. The van der Waals surface area contributed by atoms with Gasteiger partial charge < -0.3 is 9.69 Å². The fourth-order valence-corrected chi connectivity index (χ4v) is 2.15. The molecule has 8 heteroatoms. The highest BCUT2D eigenvalue weighted by Gasteiger charge is 2.13. The lowest BCUT2D eigenvalue weighted by molar-refractivity contribution is 0.844. The van der Waals surface area contributed by atoms with Crippen molar-refractivity contribution in [2.24, 2.45) is 5.10 Å². The molecule has 0 aliphatic carbocycles. The molecule has 0 spiro atoms. The van der Waals surface area contributed by atoms with Crippen molar-refractivity contribution in [2.45, 2.75) is 0 Å². The molecule has 0 saturated carbocycles. The first-order valence-corrected chi connectivity index (χ1v) is 8.11. The maximum atomic E-state index is 7.04. The van der Waals surface area contributed by atoms with Crippen LogP contribution in [-0.2, 0) is 0 Å². The van der Waals surface area contributed by atoms with Crippen molar-refractivity contribution in [3.05, 3.63) is 94.6 Å². The summed E-state index contributed by atoms with van der Waals surface area (Å²) >= 11 is 0. The molecular formula is C20H14N8. The third-order valence-corrected chi connectivity index (χ3v) is 3.43. The van der Waals surface area contributed by atoms with Gasteiger partial charge in [-0.05, 0) is 18.1 Å². The van der Waals surface area contributed by atoms with Crippen LogP contribution in [-0.4, -0.2) is 15.8 Å². The Bertz CT molecular complexity index is 1070. The summed E-state index contributed by atoms with van der Waals surface area (Å²) in [4.78, 5) is 13.1. The van der Waals surface area contributed by atoms with Gasteiger partial charge in [0.05, 0.1) is 0 Å². The van der Waals surface area contributed by atoms with Crippen LogP contribution in [0.4, 0.5) is 17.6 Å². The molecule has 3 rings (SSSR count). The van der Waals surface area contributed by atoms with E-state index in [2.05, 4.69) is 53.0 Å². The molecule has 0 bridgehead atoms. The number of nitrogens with one attached hydrogen (secondary N) is 4. The molecule has 8 nitrogen and oxygen atoms in total. The second-order valence-electron chi connectivity index (χ2n) is 5.29. The average Bonchev–Trinajstić information content (AvgIpc) is 3.17. The van der Waals surface area contributed by atoms with Gasteiger partial charge in [0.15, 0.2) is 5.84 Å². The van der Waals surface area contributed by atoms with Gasteiger partial charge >= 0.3 is 5.95 Å². The number of hydrogen-bond acceptors (Lipinski definition) is 4. The van der Waals surface area contributed by atoms with Crippen molar-refractivity contribution in [1.82, 2.24) is 20.8 Å². The van der Waals surface area contributed by atoms with E-state index in [0.29, 0.717) is 5.84 Å². The Morgan fingerprint density at radius 3 is 2.36 bits per heavy atom. The van der Waals surface area contributed by atoms with Crippen molar-refractivity contribution in [1.29, 1.82) is 0 Å². The summed E-state index contributed by atoms with van der Waals surface area (Å²) < 4.78 is 0. The summed E-state index contributed by atoms with van der Waals surface area (Å²) in [6.45, 7) is 14.1. The van der Waals surface area contributed by atoms with E-state index in [1.54, 1.807) is 0 Å². The van der Waals surface area contributed by atoms with Crippen LogP contribution in [0.25, 0.3) is 9.69 Å². The van der Waals surface area contributed by atoms with E-state index < -0.39 is 0 Å². The molecule has 3 aromatic rings. The number of hydrogen-bond donors (Lipinski definition) is 4. The molecule has 0 unspecified atom stereocenters. The molecular weight excluding hydrogens is 352 g/mol. The molecule has 0 fully saturated rings. The molecule has 0 atom stereocenters. The summed E-state index contributed by atoms with van der Waals surface area (Å²) in [6.07, 6.45) is 0. The van der Waals surface area contributed by atoms with E-state index in [0.717, 1.165) is 11.1 Å². The van der Waals surface area contributed by atoms with Gasteiger partial charge in [-0.2, -0.15) is 0 Å². The number of benzene rings is 2. The lowest BCUT2D eigenvalue weighted by Gasteiger charge is -2.07. The minimum absolute atomic E-state index is 0.00577. The highest BCUT2D eigenvalue weighted by atomic mass is 15.4. The number of aromatic amines is 1. The van der Waals surface area contributed by atoms with Gasteiger partial charge in [0.25, 0.3) is 11.6 Å². The van der Waals surface area contributed by atoms with Crippen molar-refractivity contribution in [3.8, 4) is 12.0 Å². The molecule has 0 amide bonds. The smallest absolute Gasteiger partial charge is 0.373 e. The topological polar surface area (TPSA) is 85.9 Å². The van der Waals surface area contributed by atoms with Gasteiger partial charge in [-0.3, -0.25) is 15.8 Å². The molecule has 1 heterocycles. The quantitative estimate of drug-likeness (QED) is 0.142. The Kier molecular flexibility index (Phi) is 5.87. The van der Waals surface area contributed by atoms with Crippen molar-refractivity contribution >= 4 is 23.4 Å². The Morgan fingerprint density at radius 1 is 1.00 bits per heavy atom. The van der Waals surface area contributed by atoms with E-state index in [4.69, 9.17) is 13.1 Å². The zero-order valence-electron chi connectivity index (χ0n) is 14.6. The minimum Gasteiger partial charge on any atom is -0.373 e. The van der Waals surface area contributed by atoms with Crippen molar-refractivity contribution in [2.75, 3.05) is 5.43 Å². The lowest BCUT2D eigenvalue weighted by Crippen LogP contribution is -2.35. The van der Waals surface area contributed by atoms with E-state index >= 15 is 0 Å². The van der Waals surface area contributed by atoms with Crippen LogP contribution in [0.15, 0.2) is 65.8 Å². The second kappa shape index (κ2) is 9.10. The third-order valence-electron chi connectivity index (χ3n) is 3.43. The van der Waals surface area contributed by atoms with Gasteiger partial charge in [0.1, 0.15) is 0 Å². The Hall–Kier alpha value is -4.74. The average molecular weight is 366 g/mol. The van der Waals surface area contributed by atoms with Crippen molar-refractivity contribution in [3.63, 3.8) is 0 Å². The van der Waals surface area contributed by atoms with Crippen LogP contribution < -0.4 is 16.3 Å². The first-order valence-electron chi connectivity index (χ1n) is 8.11. The first-order chi connectivity index (χ1) is 13.8. The molecule has 4 N–H and O–H groups in total.